The number of likely N-dealkylation sites (N-methyl/N-ethyl adjacent to an activating group) is 1. The Hall–Kier alpha value is -1.10. The van der Waals surface area contributed by atoms with Crippen molar-refractivity contribution in [2.24, 2.45) is 0 Å². The Bertz CT molecular complexity index is 874. The molecule has 0 unspecified atom stereocenters. The molecule has 4 rings (SSSR count). The molecular weight excluding hydrogens is 482 g/mol. The van der Waals surface area contributed by atoms with E-state index in [1.54, 1.807) is 12.1 Å². The van der Waals surface area contributed by atoms with Gasteiger partial charge in [0.1, 0.15) is 12.9 Å². The number of halogens is 2. The first-order valence-corrected chi connectivity index (χ1v) is 9.41. The normalized spacial score (nSPS) is 20.5. The summed E-state index contributed by atoms with van der Waals surface area (Å²) in [6.07, 6.45) is 0. The highest BCUT2D eigenvalue weighted by molar-refractivity contribution is 7.15. The topological polar surface area (TPSA) is 43.6 Å². The lowest BCUT2D eigenvalue weighted by atomic mass is 10.1. The average molecular weight is 504 g/mol. The predicted molar refractivity (Wildman–Crippen MR) is 97.1 cm³/mol. The van der Waals surface area contributed by atoms with E-state index in [4.69, 9.17) is 19.2 Å². The van der Waals surface area contributed by atoms with E-state index in [2.05, 4.69) is 18.4 Å². The van der Waals surface area contributed by atoms with Crippen LogP contribution in [0.5, 0.6) is 0 Å². The third kappa shape index (κ3) is 3.64. The van der Waals surface area contributed by atoms with Gasteiger partial charge in [0.15, 0.2) is 22.8 Å². The zero-order valence-corrected chi connectivity index (χ0v) is 18.7. The maximum absolute atomic E-state index is 13.4. The van der Waals surface area contributed by atoms with Crippen LogP contribution in [0.25, 0.3) is 10.4 Å². The fourth-order valence-corrected chi connectivity index (χ4v) is 4.15. The number of hydrogen-bond acceptors (Lipinski definition) is 5. The van der Waals surface area contributed by atoms with Crippen molar-refractivity contribution in [3.63, 3.8) is 0 Å². The zero-order chi connectivity index (χ0) is 18.5. The van der Waals surface area contributed by atoms with Gasteiger partial charge < -0.3 is 38.2 Å². The van der Waals surface area contributed by atoms with Crippen LogP contribution in [0.3, 0.4) is 0 Å². The molecule has 0 radical (unpaired) electrons. The van der Waals surface area contributed by atoms with E-state index in [-0.39, 0.29) is 35.3 Å². The van der Waals surface area contributed by atoms with Gasteiger partial charge in [-0.2, -0.15) is 4.58 Å². The highest BCUT2D eigenvalue weighted by atomic mass is 127. The monoisotopic (exact) mass is 504 g/mol. The van der Waals surface area contributed by atoms with E-state index in [0.717, 1.165) is 27.0 Å². The highest BCUT2D eigenvalue weighted by Gasteiger charge is 2.44. The Morgan fingerprint density at radius 2 is 1.74 bits per heavy atom. The second-order valence-corrected chi connectivity index (χ2v) is 8.31. The van der Waals surface area contributed by atoms with Gasteiger partial charge in [0, 0.05) is 13.8 Å². The van der Waals surface area contributed by atoms with Gasteiger partial charge in [-0.15, -0.1) is 11.3 Å². The third-order valence-electron chi connectivity index (χ3n) is 4.94. The fraction of sp³-hybridized carbons (Fsp3) is 0.474. The molecule has 2 aliphatic rings. The minimum absolute atomic E-state index is 0. The molecule has 0 N–H and O–H groups in total. The van der Waals surface area contributed by atoms with Crippen molar-refractivity contribution in [2.45, 2.75) is 32.1 Å². The van der Waals surface area contributed by atoms with E-state index in [1.807, 2.05) is 14.0 Å². The molecule has 1 aromatic carbocycles. The summed E-state index contributed by atoms with van der Waals surface area (Å²) in [6.45, 7) is 7.78. The standard InChI is InChI=1S/C19H22FN2O3S.HI/c1-18(2)11-23-16(22(18)4)14-15(12-5-7-13(20)8-6-12)26-17(21-14)19(3)24-9-10-25-19;/h5-8H,9-11H2,1-4H3;1H/q+1;/p-1. The smallest absolute Gasteiger partial charge is 0.391 e. The molecule has 0 amide bonds. The highest BCUT2D eigenvalue weighted by Crippen LogP contribution is 2.40. The number of ether oxygens (including phenoxy) is 3. The summed E-state index contributed by atoms with van der Waals surface area (Å²) in [4.78, 5) is 5.75. The summed E-state index contributed by atoms with van der Waals surface area (Å²) in [5, 5.41) is 0.735. The molecular formula is C19H22FIN2O3S. The molecule has 1 saturated heterocycles. The molecule has 146 valence electrons. The minimum atomic E-state index is -0.856. The third-order valence-corrected chi connectivity index (χ3v) is 6.23. The van der Waals surface area contributed by atoms with Gasteiger partial charge in [0.25, 0.3) is 0 Å². The summed E-state index contributed by atoms with van der Waals surface area (Å²) < 4.78 is 33.0. The Labute approximate surface area is 179 Å². The van der Waals surface area contributed by atoms with Crippen molar-refractivity contribution in [1.82, 2.24) is 4.98 Å². The van der Waals surface area contributed by atoms with Crippen LogP contribution in [0.2, 0.25) is 0 Å². The van der Waals surface area contributed by atoms with Gasteiger partial charge in [0.05, 0.1) is 18.1 Å². The first-order chi connectivity index (χ1) is 12.3. The molecule has 27 heavy (non-hydrogen) atoms. The Balaban J connectivity index is 0.00000210. The Kier molecular flexibility index (Phi) is 5.64. The summed E-state index contributed by atoms with van der Waals surface area (Å²) in [5.41, 5.74) is 1.51. The number of hydrogen-bond donors (Lipinski definition) is 0. The molecule has 2 aromatic rings. The van der Waals surface area contributed by atoms with Crippen LogP contribution in [-0.2, 0) is 20.0 Å². The van der Waals surface area contributed by atoms with Crippen molar-refractivity contribution in [3.8, 4) is 10.4 Å². The number of benzene rings is 1. The lowest BCUT2D eigenvalue weighted by molar-refractivity contribution is -0.562. The number of rotatable bonds is 3. The lowest BCUT2D eigenvalue weighted by Crippen LogP contribution is -3.00. The van der Waals surface area contributed by atoms with Crippen molar-refractivity contribution >= 4 is 17.2 Å². The number of aromatic nitrogens is 1. The molecule has 0 atom stereocenters. The van der Waals surface area contributed by atoms with Crippen molar-refractivity contribution < 1.29 is 47.2 Å². The first-order valence-electron chi connectivity index (χ1n) is 8.59. The van der Waals surface area contributed by atoms with Crippen LogP contribution in [0, 0.1) is 5.82 Å². The Morgan fingerprint density at radius 1 is 1.11 bits per heavy atom. The van der Waals surface area contributed by atoms with Crippen LogP contribution >= 0.6 is 11.3 Å². The lowest BCUT2D eigenvalue weighted by Gasteiger charge is -2.18. The maximum Gasteiger partial charge on any atom is 0.391 e. The summed E-state index contributed by atoms with van der Waals surface area (Å²) >= 11 is 1.49. The molecule has 2 aliphatic heterocycles. The molecule has 1 fully saturated rings. The van der Waals surface area contributed by atoms with Gasteiger partial charge >= 0.3 is 5.90 Å². The van der Waals surface area contributed by atoms with Crippen molar-refractivity contribution in [3.05, 3.63) is 40.8 Å². The van der Waals surface area contributed by atoms with Crippen LogP contribution in [0.4, 0.5) is 4.39 Å². The molecule has 8 heteroatoms. The van der Waals surface area contributed by atoms with Gasteiger partial charge in [-0.25, -0.2) is 9.37 Å². The van der Waals surface area contributed by atoms with E-state index in [9.17, 15) is 4.39 Å². The van der Waals surface area contributed by atoms with Crippen molar-refractivity contribution in [1.29, 1.82) is 0 Å². The fourth-order valence-electron chi connectivity index (χ4n) is 3.03. The molecule has 3 heterocycles. The van der Waals surface area contributed by atoms with Crippen LogP contribution in [0.15, 0.2) is 24.3 Å². The maximum atomic E-state index is 13.4. The van der Waals surface area contributed by atoms with Gasteiger partial charge in [-0.1, -0.05) is 12.1 Å². The average Bonchev–Trinajstić information content (AvgIpc) is 3.29. The summed E-state index contributed by atoms with van der Waals surface area (Å²) in [6, 6.07) is 6.43. The van der Waals surface area contributed by atoms with E-state index < -0.39 is 5.79 Å². The van der Waals surface area contributed by atoms with E-state index >= 15 is 0 Å². The minimum Gasteiger partial charge on any atom is -1.00 e. The second kappa shape index (κ2) is 7.38. The van der Waals surface area contributed by atoms with E-state index in [1.165, 1.54) is 23.5 Å². The van der Waals surface area contributed by atoms with Gasteiger partial charge in [0.2, 0.25) is 5.79 Å². The van der Waals surface area contributed by atoms with Gasteiger partial charge in [-0.05, 0) is 24.6 Å². The summed E-state index contributed by atoms with van der Waals surface area (Å²) in [7, 11) is 2.00. The van der Waals surface area contributed by atoms with Gasteiger partial charge in [-0.3, -0.25) is 0 Å². The molecule has 0 saturated carbocycles. The zero-order valence-electron chi connectivity index (χ0n) is 15.7. The SMILES string of the molecule is C[N+]1=C(c2nc(C3(C)OCCO3)sc2-c2ccc(F)cc2)OCC1(C)C.[I-]. The van der Waals surface area contributed by atoms with E-state index in [0.29, 0.717) is 19.8 Å². The Morgan fingerprint density at radius 3 is 2.30 bits per heavy atom. The predicted octanol–water partition coefficient (Wildman–Crippen LogP) is 0.370. The number of thiazole rings is 1. The number of nitrogens with zero attached hydrogens (tertiary/aromatic N) is 2. The van der Waals surface area contributed by atoms with Crippen LogP contribution in [-0.4, -0.2) is 47.9 Å². The van der Waals surface area contributed by atoms with Crippen molar-refractivity contribution in [2.75, 3.05) is 26.9 Å². The van der Waals surface area contributed by atoms with Crippen LogP contribution in [0.1, 0.15) is 31.5 Å². The molecule has 5 nitrogen and oxygen atoms in total. The summed E-state index contributed by atoms with van der Waals surface area (Å²) in [5.74, 6) is -0.402. The molecule has 0 spiro atoms. The molecule has 1 aromatic heterocycles. The second-order valence-electron chi connectivity index (χ2n) is 7.31. The quantitative estimate of drug-likeness (QED) is 0.448. The van der Waals surface area contributed by atoms with Crippen LogP contribution < -0.4 is 24.0 Å². The first kappa shape index (κ1) is 20.6. The largest absolute Gasteiger partial charge is 1.00 e. The molecule has 0 bridgehead atoms. The molecule has 0 aliphatic carbocycles.